The van der Waals surface area contributed by atoms with E-state index in [2.05, 4.69) is 13.8 Å². The third-order valence-electron chi connectivity index (χ3n) is 6.47. The minimum atomic E-state index is -3.33. The Bertz CT molecular complexity index is 978. The van der Waals surface area contributed by atoms with Gasteiger partial charge >= 0.3 is 7.60 Å². The van der Waals surface area contributed by atoms with Gasteiger partial charge in [-0.05, 0) is 42.7 Å². The summed E-state index contributed by atoms with van der Waals surface area (Å²) in [6, 6.07) is 11.4. The fourth-order valence-corrected chi connectivity index (χ4v) is 5.38. The monoisotopic (exact) mass is 534 g/mol. The summed E-state index contributed by atoms with van der Waals surface area (Å²) in [5, 5.41) is 0.500. The van der Waals surface area contributed by atoms with Gasteiger partial charge in [0.25, 0.3) is 0 Å². The van der Waals surface area contributed by atoms with Crippen LogP contribution in [-0.2, 0) is 23.1 Å². The van der Waals surface area contributed by atoms with Gasteiger partial charge in [-0.25, -0.2) is 0 Å². The number of unbranched alkanes of at least 4 members (excludes halogenated alkanes) is 6. The number of ether oxygens (including phenoxy) is 4. The second kappa shape index (κ2) is 15.5. The van der Waals surface area contributed by atoms with Crippen LogP contribution in [0.2, 0.25) is 0 Å². The van der Waals surface area contributed by atoms with Crippen LogP contribution in [0.5, 0.6) is 11.5 Å². The molecule has 0 radical (unpaired) electrons. The maximum atomic E-state index is 12.8. The van der Waals surface area contributed by atoms with E-state index in [9.17, 15) is 4.57 Å². The summed E-state index contributed by atoms with van der Waals surface area (Å²) < 4.78 is 47.4. The van der Waals surface area contributed by atoms with Crippen molar-refractivity contribution >= 4 is 12.9 Å². The second-order valence-electron chi connectivity index (χ2n) is 9.19. The molecule has 0 aromatic heterocycles. The molecule has 1 fully saturated rings. The molecule has 1 heterocycles. The summed E-state index contributed by atoms with van der Waals surface area (Å²) in [6.07, 6.45) is 8.50. The van der Waals surface area contributed by atoms with Gasteiger partial charge in [0.2, 0.25) is 0 Å². The molecule has 2 aromatic carbocycles. The van der Waals surface area contributed by atoms with Crippen LogP contribution < -0.4 is 14.8 Å². The van der Waals surface area contributed by atoms with Crippen LogP contribution in [-0.4, -0.2) is 40.6 Å². The molecule has 0 amide bonds. The standard InChI is InChI=1S/C29H43O7P/c1-5-7-9-11-17-33-27-22-26(29-35-19-20-36-29)28(34-18-12-10-8-6-2)21-25(27)23-13-15-24(16-14-23)37(30,31-3)32-4/h13-16,21-22,29H,5-12,17-20H2,1-4H3. The smallest absolute Gasteiger partial charge is 0.360 e. The SMILES string of the molecule is CCCCCCOc1cc(C2OCCO2)c(OCCCCCC)cc1-c1ccc(P(=O)(OC)OC)cc1. The van der Waals surface area contributed by atoms with Crippen LogP contribution in [0, 0.1) is 0 Å². The Balaban J connectivity index is 1.95. The molecule has 0 bridgehead atoms. The lowest BCUT2D eigenvalue weighted by Gasteiger charge is -2.21. The highest BCUT2D eigenvalue weighted by molar-refractivity contribution is 7.62. The maximum absolute atomic E-state index is 12.8. The first-order valence-corrected chi connectivity index (χ1v) is 15.1. The fourth-order valence-electron chi connectivity index (χ4n) is 4.30. The van der Waals surface area contributed by atoms with E-state index in [1.165, 1.54) is 39.9 Å². The Kier molecular flexibility index (Phi) is 12.4. The van der Waals surface area contributed by atoms with E-state index in [0.717, 1.165) is 53.9 Å². The van der Waals surface area contributed by atoms with Crippen LogP contribution >= 0.6 is 7.60 Å². The van der Waals surface area contributed by atoms with Crippen LogP contribution in [0.25, 0.3) is 11.1 Å². The molecule has 0 atom stereocenters. The lowest BCUT2D eigenvalue weighted by atomic mass is 10.0. The molecule has 206 valence electrons. The summed E-state index contributed by atoms with van der Waals surface area (Å²) >= 11 is 0. The third kappa shape index (κ3) is 8.30. The first kappa shape index (κ1) is 29.7. The molecule has 0 aliphatic carbocycles. The summed E-state index contributed by atoms with van der Waals surface area (Å²) in [4.78, 5) is 0. The number of hydrogen-bond donors (Lipinski definition) is 0. The molecular formula is C29H43O7P. The average Bonchev–Trinajstić information content (AvgIpc) is 3.47. The Hall–Kier alpha value is -1.89. The zero-order valence-corrected chi connectivity index (χ0v) is 23.7. The van der Waals surface area contributed by atoms with E-state index in [1.54, 1.807) is 12.1 Å². The van der Waals surface area contributed by atoms with Gasteiger partial charge in [-0.3, -0.25) is 4.57 Å². The molecule has 3 rings (SSSR count). The second-order valence-corrected chi connectivity index (χ2v) is 11.4. The predicted octanol–water partition coefficient (Wildman–Crippen LogP) is 7.43. The van der Waals surface area contributed by atoms with Crippen molar-refractivity contribution in [2.45, 2.75) is 71.5 Å². The lowest BCUT2D eigenvalue weighted by molar-refractivity contribution is -0.0459. The minimum absolute atomic E-state index is 0.473. The molecule has 8 heteroatoms. The quantitative estimate of drug-likeness (QED) is 0.154. The molecule has 1 aliphatic heterocycles. The van der Waals surface area contributed by atoms with Gasteiger partial charge in [0, 0.05) is 19.8 Å². The molecule has 37 heavy (non-hydrogen) atoms. The molecular weight excluding hydrogens is 491 g/mol. The summed E-state index contributed by atoms with van der Waals surface area (Å²) in [5.41, 5.74) is 2.67. The van der Waals surface area contributed by atoms with Crippen molar-refractivity contribution in [3.8, 4) is 22.6 Å². The highest BCUT2D eigenvalue weighted by Crippen LogP contribution is 2.46. The molecule has 0 N–H and O–H groups in total. The lowest BCUT2D eigenvalue weighted by Crippen LogP contribution is -2.09. The van der Waals surface area contributed by atoms with E-state index in [4.69, 9.17) is 28.0 Å². The molecule has 7 nitrogen and oxygen atoms in total. The van der Waals surface area contributed by atoms with Crippen molar-refractivity contribution in [2.24, 2.45) is 0 Å². The highest BCUT2D eigenvalue weighted by atomic mass is 31.2. The third-order valence-corrected chi connectivity index (χ3v) is 8.37. The topological polar surface area (TPSA) is 72.5 Å². The van der Waals surface area contributed by atoms with E-state index >= 15 is 0 Å². The van der Waals surface area contributed by atoms with Crippen molar-refractivity contribution in [1.82, 2.24) is 0 Å². The molecule has 2 aromatic rings. The van der Waals surface area contributed by atoms with Gasteiger partial charge < -0.3 is 28.0 Å². The van der Waals surface area contributed by atoms with Crippen molar-refractivity contribution in [3.05, 3.63) is 42.0 Å². The Morgan fingerprint density at radius 3 is 1.89 bits per heavy atom. The molecule has 1 saturated heterocycles. The van der Waals surface area contributed by atoms with E-state index in [0.29, 0.717) is 31.7 Å². The van der Waals surface area contributed by atoms with E-state index in [-0.39, 0.29) is 0 Å². The first-order valence-electron chi connectivity index (χ1n) is 13.6. The van der Waals surface area contributed by atoms with Crippen molar-refractivity contribution < 1.29 is 32.6 Å². The first-order chi connectivity index (χ1) is 18.1. The molecule has 0 spiro atoms. The van der Waals surface area contributed by atoms with Crippen molar-refractivity contribution in [2.75, 3.05) is 40.6 Å². The highest BCUT2D eigenvalue weighted by Gasteiger charge is 2.27. The van der Waals surface area contributed by atoms with Crippen molar-refractivity contribution in [3.63, 3.8) is 0 Å². The molecule has 0 saturated carbocycles. The van der Waals surface area contributed by atoms with Crippen LogP contribution in [0.15, 0.2) is 36.4 Å². The van der Waals surface area contributed by atoms with Gasteiger partial charge in [-0.2, -0.15) is 0 Å². The Morgan fingerprint density at radius 2 is 1.35 bits per heavy atom. The summed E-state index contributed by atoms with van der Waals surface area (Å²) in [7, 11) is -0.555. The van der Waals surface area contributed by atoms with Crippen LogP contribution in [0.3, 0.4) is 0 Å². The maximum Gasteiger partial charge on any atom is 0.360 e. The normalized spacial score (nSPS) is 14.3. The Labute approximate surface area is 222 Å². The van der Waals surface area contributed by atoms with E-state index in [1.807, 2.05) is 24.3 Å². The summed E-state index contributed by atoms with van der Waals surface area (Å²) in [6.45, 7) is 6.75. The number of hydrogen-bond acceptors (Lipinski definition) is 7. The van der Waals surface area contributed by atoms with Gasteiger partial charge in [-0.1, -0.05) is 64.5 Å². The molecule has 1 aliphatic rings. The fraction of sp³-hybridized carbons (Fsp3) is 0.586. The number of rotatable bonds is 17. The zero-order valence-electron chi connectivity index (χ0n) is 22.8. The molecule has 0 unspecified atom stereocenters. The van der Waals surface area contributed by atoms with Gasteiger partial charge in [0.05, 0.1) is 37.3 Å². The Morgan fingerprint density at radius 1 is 0.784 bits per heavy atom. The van der Waals surface area contributed by atoms with Gasteiger partial charge in [-0.15, -0.1) is 0 Å². The number of benzene rings is 2. The van der Waals surface area contributed by atoms with Gasteiger partial charge in [0.15, 0.2) is 6.29 Å². The minimum Gasteiger partial charge on any atom is -0.493 e. The van der Waals surface area contributed by atoms with Gasteiger partial charge in [0.1, 0.15) is 11.5 Å². The predicted molar refractivity (Wildman–Crippen MR) is 147 cm³/mol. The summed E-state index contributed by atoms with van der Waals surface area (Å²) in [5.74, 6) is 1.48. The van der Waals surface area contributed by atoms with Crippen LogP contribution in [0.1, 0.15) is 77.1 Å². The van der Waals surface area contributed by atoms with Crippen LogP contribution in [0.4, 0.5) is 0 Å². The van der Waals surface area contributed by atoms with Crippen molar-refractivity contribution in [1.29, 1.82) is 0 Å². The zero-order chi connectivity index (χ0) is 26.5. The largest absolute Gasteiger partial charge is 0.493 e. The van der Waals surface area contributed by atoms with E-state index < -0.39 is 13.9 Å². The average molecular weight is 535 g/mol.